The lowest BCUT2D eigenvalue weighted by Gasteiger charge is -2.11. The lowest BCUT2D eigenvalue weighted by molar-refractivity contribution is -0.137. The van der Waals surface area contributed by atoms with E-state index in [1.165, 1.54) is 0 Å². The van der Waals surface area contributed by atoms with Crippen LogP contribution in [0.2, 0.25) is 0 Å². The van der Waals surface area contributed by atoms with Crippen LogP contribution in [0.15, 0.2) is 24.3 Å². The monoisotopic (exact) mass is 274 g/mol. The molecule has 1 aromatic rings. The highest BCUT2D eigenvalue weighted by molar-refractivity contribution is 5.89. The minimum absolute atomic E-state index is 0.0639. The van der Waals surface area contributed by atoms with Gasteiger partial charge in [0.15, 0.2) is 0 Å². The highest BCUT2D eigenvalue weighted by Crippen LogP contribution is 2.20. The number of rotatable bonds is 6. The molecule has 0 heterocycles. The molecule has 0 spiro atoms. The summed E-state index contributed by atoms with van der Waals surface area (Å²) in [5.74, 6) is 1.54. The second-order valence-corrected chi connectivity index (χ2v) is 4.46. The van der Waals surface area contributed by atoms with E-state index in [1.54, 1.807) is 12.1 Å². The number of hydrogen-bond acceptors (Lipinski definition) is 2. The Kier molecular flexibility index (Phi) is 6.11. The quantitative estimate of drug-likeness (QED) is 0.550. The van der Waals surface area contributed by atoms with Gasteiger partial charge in [-0.15, -0.1) is 12.3 Å². The molecule has 106 valence electrons. The largest absolute Gasteiger partial charge is 0.481 e. The van der Waals surface area contributed by atoms with Crippen LogP contribution in [-0.2, 0) is 4.79 Å². The molecular weight excluding hydrogens is 256 g/mol. The molecule has 0 aliphatic rings. The van der Waals surface area contributed by atoms with Crippen LogP contribution in [0.1, 0.15) is 31.2 Å². The molecule has 0 fully saturated rings. The van der Waals surface area contributed by atoms with Gasteiger partial charge in [-0.1, -0.05) is 19.1 Å². The molecule has 1 atom stereocenters. The van der Waals surface area contributed by atoms with E-state index in [2.05, 4.69) is 16.6 Å². The summed E-state index contributed by atoms with van der Waals surface area (Å²) in [6.07, 6.45) is 5.65. The number of anilines is 1. The topological polar surface area (TPSA) is 78.4 Å². The van der Waals surface area contributed by atoms with Crippen molar-refractivity contribution in [3.63, 3.8) is 0 Å². The van der Waals surface area contributed by atoms with Gasteiger partial charge in [-0.25, -0.2) is 4.79 Å². The zero-order chi connectivity index (χ0) is 15.0. The number of carboxylic acid groups (broad SMARTS) is 1. The Bertz CT molecular complexity index is 503. The third-order valence-corrected chi connectivity index (χ3v) is 2.77. The number of benzene rings is 1. The van der Waals surface area contributed by atoms with E-state index in [0.717, 1.165) is 5.56 Å². The van der Waals surface area contributed by atoms with Crippen LogP contribution in [-0.4, -0.2) is 23.7 Å². The number of amides is 2. The zero-order valence-electron chi connectivity index (χ0n) is 11.3. The van der Waals surface area contributed by atoms with Gasteiger partial charge in [0, 0.05) is 18.7 Å². The third-order valence-electron chi connectivity index (χ3n) is 2.77. The number of terminal acetylenes is 1. The van der Waals surface area contributed by atoms with Crippen LogP contribution in [0.5, 0.6) is 0 Å². The minimum Gasteiger partial charge on any atom is -0.481 e. The van der Waals surface area contributed by atoms with Gasteiger partial charge in [0.2, 0.25) is 0 Å². The van der Waals surface area contributed by atoms with Crippen molar-refractivity contribution >= 4 is 17.7 Å². The minimum atomic E-state index is -0.826. The molecule has 1 aromatic carbocycles. The lowest BCUT2D eigenvalue weighted by Crippen LogP contribution is -2.29. The number of carbonyl (C=O) groups is 2. The third kappa shape index (κ3) is 5.44. The van der Waals surface area contributed by atoms with E-state index in [-0.39, 0.29) is 18.4 Å². The molecule has 0 radical (unpaired) electrons. The average Bonchev–Trinajstić information content (AvgIpc) is 2.39. The first-order valence-electron chi connectivity index (χ1n) is 6.33. The predicted molar refractivity (Wildman–Crippen MR) is 77.6 cm³/mol. The summed E-state index contributed by atoms with van der Waals surface area (Å²) in [4.78, 5) is 22.1. The number of carbonyl (C=O) groups excluding carboxylic acids is 1. The Morgan fingerprint density at radius 2 is 2.00 bits per heavy atom. The molecule has 0 saturated heterocycles. The molecule has 0 aliphatic carbocycles. The molecule has 0 aliphatic heterocycles. The number of aliphatic carboxylic acids is 1. The van der Waals surface area contributed by atoms with Gasteiger partial charge in [0.25, 0.3) is 0 Å². The summed E-state index contributed by atoms with van der Waals surface area (Å²) >= 11 is 0. The van der Waals surface area contributed by atoms with Crippen LogP contribution in [0.4, 0.5) is 10.5 Å². The SMILES string of the molecule is C#CCCNC(=O)Nc1ccc(C(C)CC(=O)O)cc1. The Balaban J connectivity index is 2.52. The van der Waals surface area contributed by atoms with Crippen molar-refractivity contribution in [1.82, 2.24) is 5.32 Å². The van der Waals surface area contributed by atoms with Gasteiger partial charge in [-0.05, 0) is 23.6 Å². The maximum atomic E-state index is 11.5. The van der Waals surface area contributed by atoms with Crippen LogP contribution < -0.4 is 10.6 Å². The second-order valence-electron chi connectivity index (χ2n) is 4.46. The predicted octanol–water partition coefficient (Wildman–Crippen LogP) is 2.41. The van der Waals surface area contributed by atoms with Crippen LogP contribution >= 0.6 is 0 Å². The molecule has 2 amide bonds. The molecule has 3 N–H and O–H groups in total. The van der Waals surface area contributed by atoms with Gasteiger partial charge < -0.3 is 15.7 Å². The second kappa shape index (κ2) is 7.85. The van der Waals surface area contributed by atoms with Crippen molar-refractivity contribution in [3.05, 3.63) is 29.8 Å². The van der Waals surface area contributed by atoms with Crippen LogP contribution in [0.3, 0.4) is 0 Å². The van der Waals surface area contributed by atoms with Gasteiger partial charge in [-0.2, -0.15) is 0 Å². The molecule has 5 nitrogen and oxygen atoms in total. The summed E-state index contributed by atoms with van der Waals surface area (Å²) in [7, 11) is 0. The van der Waals surface area contributed by atoms with Crippen molar-refractivity contribution in [3.8, 4) is 12.3 Å². The van der Waals surface area contributed by atoms with Gasteiger partial charge in [0.1, 0.15) is 0 Å². The van der Waals surface area contributed by atoms with Gasteiger partial charge in [0.05, 0.1) is 6.42 Å². The highest BCUT2D eigenvalue weighted by atomic mass is 16.4. The summed E-state index contributed by atoms with van der Waals surface area (Å²) in [5.41, 5.74) is 1.57. The molecule has 0 bridgehead atoms. The fourth-order valence-electron chi connectivity index (χ4n) is 1.70. The number of hydrogen-bond donors (Lipinski definition) is 3. The maximum Gasteiger partial charge on any atom is 0.319 e. The first-order valence-corrected chi connectivity index (χ1v) is 6.33. The number of nitrogens with one attached hydrogen (secondary N) is 2. The van der Waals surface area contributed by atoms with E-state index >= 15 is 0 Å². The smallest absolute Gasteiger partial charge is 0.319 e. The molecule has 0 aromatic heterocycles. The standard InChI is InChI=1S/C15H18N2O3/c1-3-4-9-16-15(20)17-13-7-5-12(6-8-13)11(2)10-14(18)19/h1,5-8,11H,4,9-10H2,2H3,(H,18,19)(H2,16,17,20). The molecule has 1 rings (SSSR count). The van der Waals surface area contributed by atoms with Crippen molar-refractivity contribution in [2.75, 3.05) is 11.9 Å². The Labute approximate surface area is 118 Å². The van der Waals surface area contributed by atoms with Gasteiger partial charge in [-0.3, -0.25) is 4.79 Å². The Morgan fingerprint density at radius 3 is 2.55 bits per heavy atom. The highest BCUT2D eigenvalue weighted by Gasteiger charge is 2.10. The molecule has 20 heavy (non-hydrogen) atoms. The van der Waals surface area contributed by atoms with Crippen LogP contribution in [0, 0.1) is 12.3 Å². The lowest BCUT2D eigenvalue weighted by atomic mass is 9.98. The van der Waals surface area contributed by atoms with E-state index in [9.17, 15) is 9.59 Å². The van der Waals surface area contributed by atoms with E-state index < -0.39 is 5.97 Å². The van der Waals surface area contributed by atoms with E-state index in [1.807, 2.05) is 19.1 Å². The molecular formula is C15H18N2O3. The zero-order valence-corrected chi connectivity index (χ0v) is 11.3. The number of carboxylic acids is 1. The summed E-state index contributed by atoms with van der Waals surface area (Å²) in [6.45, 7) is 2.28. The average molecular weight is 274 g/mol. The Hall–Kier alpha value is -2.48. The molecule has 5 heteroatoms. The van der Waals surface area contributed by atoms with Crippen molar-refractivity contribution < 1.29 is 14.7 Å². The van der Waals surface area contributed by atoms with Gasteiger partial charge >= 0.3 is 12.0 Å². The van der Waals surface area contributed by atoms with E-state index in [0.29, 0.717) is 18.7 Å². The first-order chi connectivity index (χ1) is 9.52. The van der Waals surface area contributed by atoms with E-state index in [4.69, 9.17) is 11.5 Å². The summed E-state index contributed by atoms with van der Waals surface area (Å²) in [6, 6.07) is 6.80. The number of urea groups is 1. The molecule has 1 unspecified atom stereocenters. The fraction of sp³-hybridized carbons (Fsp3) is 0.333. The Morgan fingerprint density at radius 1 is 1.35 bits per heavy atom. The first kappa shape index (κ1) is 15.6. The van der Waals surface area contributed by atoms with Crippen LogP contribution in [0.25, 0.3) is 0 Å². The van der Waals surface area contributed by atoms with Crippen molar-refractivity contribution in [1.29, 1.82) is 0 Å². The summed E-state index contributed by atoms with van der Waals surface area (Å²) in [5, 5.41) is 14.0. The van der Waals surface area contributed by atoms with Crippen molar-refractivity contribution in [2.45, 2.75) is 25.7 Å². The molecule has 0 saturated carbocycles. The summed E-state index contributed by atoms with van der Waals surface area (Å²) < 4.78 is 0. The maximum absolute atomic E-state index is 11.5. The normalized spacial score (nSPS) is 11.2. The fourth-order valence-corrected chi connectivity index (χ4v) is 1.70. The van der Waals surface area contributed by atoms with Crippen molar-refractivity contribution in [2.24, 2.45) is 0 Å².